The normalized spacial score (nSPS) is 14.7. The first-order valence-corrected chi connectivity index (χ1v) is 12.6. The number of rotatable bonds is 5. The Hall–Kier alpha value is -2.88. The molecule has 1 saturated heterocycles. The summed E-state index contributed by atoms with van der Waals surface area (Å²) in [5.41, 5.74) is 2.41. The Labute approximate surface area is 216 Å². The van der Waals surface area contributed by atoms with Crippen LogP contribution in [0.2, 0.25) is 5.02 Å². The lowest BCUT2D eigenvalue weighted by molar-refractivity contribution is 0.248. The van der Waals surface area contributed by atoms with Gasteiger partial charge in [-0.25, -0.2) is 4.79 Å². The van der Waals surface area contributed by atoms with Gasteiger partial charge in [-0.2, -0.15) is 4.98 Å². The fraction of sp³-hybridized carbons (Fsp3) is 0.320. The third kappa shape index (κ3) is 4.68. The van der Waals surface area contributed by atoms with Crippen molar-refractivity contribution in [2.24, 2.45) is 14.1 Å². The van der Waals surface area contributed by atoms with Gasteiger partial charge in [0.1, 0.15) is 0 Å². The minimum absolute atomic E-state index is 0.333. The van der Waals surface area contributed by atoms with E-state index in [9.17, 15) is 9.59 Å². The molecule has 182 valence electrons. The second-order valence-electron chi connectivity index (χ2n) is 8.89. The van der Waals surface area contributed by atoms with E-state index in [0.29, 0.717) is 23.7 Å². The maximum Gasteiger partial charge on any atom is 0.332 e. The van der Waals surface area contributed by atoms with Gasteiger partial charge in [-0.1, -0.05) is 51.8 Å². The van der Waals surface area contributed by atoms with Crippen LogP contribution in [0.5, 0.6) is 0 Å². The Morgan fingerprint density at radius 3 is 2.11 bits per heavy atom. The molecule has 5 rings (SSSR count). The molecule has 4 aromatic rings. The van der Waals surface area contributed by atoms with Gasteiger partial charge in [0, 0.05) is 56.3 Å². The Bertz CT molecular complexity index is 1480. The van der Waals surface area contributed by atoms with Gasteiger partial charge in [-0.15, -0.1) is 0 Å². The molecule has 1 aliphatic heterocycles. The van der Waals surface area contributed by atoms with E-state index in [1.54, 1.807) is 7.05 Å². The van der Waals surface area contributed by atoms with E-state index in [1.165, 1.54) is 17.2 Å². The van der Waals surface area contributed by atoms with Crippen molar-refractivity contribution in [1.82, 2.24) is 23.6 Å². The molecule has 0 saturated carbocycles. The molecule has 2 aromatic heterocycles. The molecule has 0 spiro atoms. The molecular formula is C25H26BrClN6O2. The van der Waals surface area contributed by atoms with Crippen molar-refractivity contribution in [2.75, 3.05) is 31.1 Å². The summed E-state index contributed by atoms with van der Waals surface area (Å²) >= 11 is 9.50. The van der Waals surface area contributed by atoms with Crippen molar-refractivity contribution in [2.45, 2.75) is 13.1 Å². The van der Waals surface area contributed by atoms with Crippen LogP contribution in [0.15, 0.2) is 62.6 Å². The van der Waals surface area contributed by atoms with Gasteiger partial charge in [-0.3, -0.25) is 23.4 Å². The van der Waals surface area contributed by atoms with E-state index in [0.717, 1.165) is 52.3 Å². The monoisotopic (exact) mass is 556 g/mol. The Morgan fingerprint density at radius 1 is 0.857 bits per heavy atom. The lowest BCUT2D eigenvalue weighted by Gasteiger charge is -2.35. The molecule has 35 heavy (non-hydrogen) atoms. The van der Waals surface area contributed by atoms with Gasteiger partial charge in [0.2, 0.25) is 5.95 Å². The van der Waals surface area contributed by atoms with Crippen LogP contribution in [0.4, 0.5) is 5.95 Å². The summed E-state index contributed by atoms with van der Waals surface area (Å²) in [6.45, 7) is 4.60. The number of benzene rings is 2. The third-order valence-electron chi connectivity index (χ3n) is 6.56. The number of hydrogen-bond donors (Lipinski definition) is 0. The zero-order chi connectivity index (χ0) is 24.7. The lowest BCUT2D eigenvalue weighted by Crippen LogP contribution is -2.47. The minimum atomic E-state index is -0.380. The van der Waals surface area contributed by atoms with Crippen molar-refractivity contribution < 1.29 is 0 Å². The number of piperazine rings is 1. The van der Waals surface area contributed by atoms with Crippen LogP contribution < -0.4 is 16.1 Å². The van der Waals surface area contributed by atoms with Crippen LogP contribution in [-0.2, 0) is 27.2 Å². The number of aromatic nitrogens is 4. The molecule has 0 N–H and O–H groups in total. The van der Waals surface area contributed by atoms with Crippen LogP contribution in [0.3, 0.4) is 0 Å². The summed E-state index contributed by atoms with van der Waals surface area (Å²) in [5, 5.41) is 0.740. The van der Waals surface area contributed by atoms with Crippen molar-refractivity contribution in [3.05, 3.63) is 90.0 Å². The summed E-state index contributed by atoms with van der Waals surface area (Å²) in [4.78, 5) is 35.2. The second-order valence-corrected chi connectivity index (χ2v) is 10.2. The first kappa shape index (κ1) is 23.8. The number of imidazole rings is 1. The van der Waals surface area contributed by atoms with Crippen molar-refractivity contribution in [1.29, 1.82) is 0 Å². The molecular weight excluding hydrogens is 532 g/mol. The van der Waals surface area contributed by atoms with Crippen molar-refractivity contribution in [3.63, 3.8) is 0 Å². The van der Waals surface area contributed by atoms with E-state index in [2.05, 4.69) is 37.9 Å². The topological polar surface area (TPSA) is 68.3 Å². The van der Waals surface area contributed by atoms with Crippen molar-refractivity contribution in [3.8, 4) is 0 Å². The molecule has 10 heteroatoms. The maximum atomic E-state index is 13.2. The molecule has 0 unspecified atom stereocenters. The van der Waals surface area contributed by atoms with E-state index in [1.807, 2.05) is 41.0 Å². The third-order valence-corrected chi connectivity index (χ3v) is 7.34. The summed E-state index contributed by atoms with van der Waals surface area (Å²) in [7, 11) is 3.17. The van der Waals surface area contributed by atoms with Crippen LogP contribution in [0, 0.1) is 0 Å². The number of nitrogens with zero attached hydrogens (tertiary/aromatic N) is 6. The van der Waals surface area contributed by atoms with Crippen LogP contribution in [0.1, 0.15) is 11.1 Å². The molecule has 2 aromatic carbocycles. The minimum Gasteiger partial charge on any atom is -0.340 e. The quantitative estimate of drug-likeness (QED) is 0.377. The summed E-state index contributed by atoms with van der Waals surface area (Å²) < 4.78 is 5.55. The molecule has 0 radical (unpaired) electrons. The number of fused-ring (bicyclic) bond motifs is 1. The summed E-state index contributed by atoms with van der Waals surface area (Å²) in [6.07, 6.45) is 0. The van der Waals surface area contributed by atoms with Gasteiger partial charge in [-0.05, 0) is 35.4 Å². The van der Waals surface area contributed by atoms with Gasteiger partial charge in [0.15, 0.2) is 11.2 Å². The Kier molecular flexibility index (Phi) is 6.57. The standard InChI is InChI=1S/C25H26BrClN6O2/c1-29-22-21(23(34)30(2)25(29)35)33(16-18-3-7-19(26)8-4-18)24(28-22)32-13-11-31(12-14-32)15-17-5-9-20(27)10-6-17/h3-10H,11-16H2,1-2H3. The van der Waals surface area contributed by atoms with Crippen LogP contribution in [0.25, 0.3) is 11.2 Å². The molecule has 3 heterocycles. The second kappa shape index (κ2) is 9.64. The molecule has 0 atom stereocenters. The highest BCUT2D eigenvalue weighted by molar-refractivity contribution is 9.10. The fourth-order valence-electron chi connectivity index (χ4n) is 4.55. The van der Waals surface area contributed by atoms with Gasteiger partial charge < -0.3 is 4.90 Å². The largest absolute Gasteiger partial charge is 0.340 e. The number of anilines is 1. The predicted molar refractivity (Wildman–Crippen MR) is 142 cm³/mol. The highest BCUT2D eigenvalue weighted by atomic mass is 79.9. The summed E-state index contributed by atoms with van der Waals surface area (Å²) in [6, 6.07) is 16.0. The van der Waals surface area contributed by atoms with E-state index in [-0.39, 0.29) is 11.2 Å². The number of hydrogen-bond acceptors (Lipinski definition) is 5. The predicted octanol–water partition coefficient (Wildman–Crippen LogP) is 3.22. The smallest absolute Gasteiger partial charge is 0.332 e. The highest BCUT2D eigenvalue weighted by Gasteiger charge is 2.25. The van der Waals surface area contributed by atoms with E-state index < -0.39 is 0 Å². The first-order valence-electron chi connectivity index (χ1n) is 11.4. The fourth-order valence-corrected chi connectivity index (χ4v) is 4.94. The summed E-state index contributed by atoms with van der Waals surface area (Å²) in [5.74, 6) is 0.715. The Balaban J connectivity index is 1.48. The van der Waals surface area contributed by atoms with E-state index in [4.69, 9.17) is 16.6 Å². The number of halogens is 2. The molecule has 8 nitrogen and oxygen atoms in total. The van der Waals surface area contributed by atoms with Gasteiger partial charge in [0.05, 0.1) is 6.54 Å². The maximum absolute atomic E-state index is 13.2. The van der Waals surface area contributed by atoms with Crippen LogP contribution >= 0.6 is 27.5 Å². The average Bonchev–Trinajstić information content (AvgIpc) is 3.24. The van der Waals surface area contributed by atoms with Crippen molar-refractivity contribution >= 4 is 44.6 Å². The zero-order valence-corrected chi connectivity index (χ0v) is 22.0. The van der Waals surface area contributed by atoms with Gasteiger partial charge in [0.25, 0.3) is 5.56 Å². The highest BCUT2D eigenvalue weighted by Crippen LogP contribution is 2.24. The molecule has 0 aliphatic carbocycles. The average molecular weight is 558 g/mol. The SMILES string of the molecule is Cn1c(=O)c2c(nc(N3CCN(Cc4ccc(Cl)cc4)CC3)n2Cc2ccc(Br)cc2)n(C)c1=O. The molecule has 0 bridgehead atoms. The first-order chi connectivity index (χ1) is 16.8. The zero-order valence-electron chi connectivity index (χ0n) is 19.6. The lowest BCUT2D eigenvalue weighted by atomic mass is 10.2. The molecule has 1 fully saturated rings. The number of aryl methyl sites for hydroxylation is 1. The Morgan fingerprint density at radius 2 is 1.46 bits per heavy atom. The van der Waals surface area contributed by atoms with Crippen LogP contribution in [-0.4, -0.2) is 49.8 Å². The van der Waals surface area contributed by atoms with Gasteiger partial charge >= 0.3 is 5.69 Å². The molecule has 1 aliphatic rings. The van der Waals surface area contributed by atoms with E-state index >= 15 is 0 Å². The molecule has 0 amide bonds.